The molecule has 3 rings (SSSR count). The first-order chi connectivity index (χ1) is 14.9. The van der Waals surface area contributed by atoms with Crippen LogP contribution in [0.3, 0.4) is 0 Å². The van der Waals surface area contributed by atoms with Crippen molar-refractivity contribution < 1.29 is 26.4 Å². The number of nitrogens with one attached hydrogen (secondary N) is 1. The maximum Gasteiger partial charge on any atom is 0.416 e. The van der Waals surface area contributed by atoms with Crippen molar-refractivity contribution in [2.45, 2.75) is 30.8 Å². The van der Waals surface area contributed by atoms with E-state index in [0.717, 1.165) is 24.3 Å². The number of anilines is 1. The summed E-state index contributed by atoms with van der Waals surface area (Å²) in [6.45, 7) is 1.84. The summed E-state index contributed by atoms with van der Waals surface area (Å²) < 4.78 is 66.9. The van der Waals surface area contributed by atoms with E-state index in [-0.39, 0.29) is 27.6 Å². The molecule has 0 aliphatic rings. The number of aromatic nitrogens is 2. The Bertz CT molecular complexity index is 1340. The SMILES string of the molecule is CCCCS(=O)(=O)c1cc2c(cc1NC(=O)c1ccc(C(F)(F)F)cc1)n(C)c(=O)n2C. The summed E-state index contributed by atoms with van der Waals surface area (Å²) in [4.78, 5) is 24.8. The number of sulfone groups is 1. The van der Waals surface area contributed by atoms with Gasteiger partial charge in [-0.1, -0.05) is 13.3 Å². The number of carbonyl (C=O) groups excluding carboxylic acids is 1. The molecular weight excluding hydrogens is 447 g/mol. The quantitative estimate of drug-likeness (QED) is 0.596. The monoisotopic (exact) mass is 469 g/mol. The Morgan fingerprint density at radius 1 is 1.03 bits per heavy atom. The average Bonchev–Trinajstić information content (AvgIpc) is 2.95. The van der Waals surface area contributed by atoms with E-state index in [0.29, 0.717) is 23.9 Å². The van der Waals surface area contributed by atoms with Crippen molar-refractivity contribution in [2.75, 3.05) is 11.1 Å². The summed E-state index contributed by atoms with van der Waals surface area (Å²) in [5, 5.41) is 2.49. The van der Waals surface area contributed by atoms with E-state index in [1.165, 1.54) is 35.4 Å². The number of hydrogen-bond acceptors (Lipinski definition) is 4. The first-order valence-corrected chi connectivity index (χ1v) is 11.4. The van der Waals surface area contributed by atoms with Crippen LogP contribution in [0.15, 0.2) is 46.1 Å². The maximum absolute atomic E-state index is 13.0. The highest BCUT2D eigenvalue weighted by molar-refractivity contribution is 7.91. The van der Waals surface area contributed by atoms with Crippen LogP contribution in [-0.2, 0) is 30.1 Å². The van der Waals surface area contributed by atoms with Gasteiger partial charge in [-0.3, -0.25) is 13.9 Å². The number of hydrogen-bond donors (Lipinski definition) is 1. The summed E-state index contributed by atoms with van der Waals surface area (Å²) in [7, 11) is -0.788. The summed E-state index contributed by atoms with van der Waals surface area (Å²) in [6.07, 6.45) is -3.50. The van der Waals surface area contributed by atoms with E-state index in [4.69, 9.17) is 0 Å². The predicted octanol–water partition coefficient (Wildman–Crippen LogP) is 3.72. The number of alkyl halides is 3. The van der Waals surface area contributed by atoms with Crippen LogP contribution < -0.4 is 11.0 Å². The van der Waals surface area contributed by atoms with E-state index in [9.17, 15) is 31.2 Å². The second kappa shape index (κ2) is 8.45. The Morgan fingerprint density at radius 2 is 1.59 bits per heavy atom. The second-order valence-electron chi connectivity index (χ2n) is 7.44. The lowest BCUT2D eigenvalue weighted by molar-refractivity contribution is -0.137. The molecule has 172 valence electrons. The van der Waals surface area contributed by atoms with Crippen molar-refractivity contribution in [1.82, 2.24) is 9.13 Å². The Labute approximate surface area is 182 Å². The molecule has 1 N–H and O–H groups in total. The minimum absolute atomic E-state index is 0.0419. The van der Waals surface area contributed by atoms with Gasteiger partial charge in [-0.15, -0.1) is 0 Å². The number of unbranched alkanes of at least 4 members (excludes halogenated alkanes) is 1. The van der Waals surface area contributed by atoms with Gasteiger partial charge < -0.3 is 5.32 Å². The van der Waals surface area contributed by atoms with E-state index in [1.54, 1.807) is 0 Å². The molecule has 1 amide bonds. The summed E-state index contributed by atoms with van der Waals surface area (Å²) in [6, 6.07) is 6.30. The zero-order valence-electron chi connectivity index (χ0n) is 17.7. The Kier molecular flexibility index (Phi) is 6.23. The fourth-order valence-electron chi connectivity index (χ4n) is 3.33. The highest BCUT2D eigenvalue weighted by atomic mass is 32.2. The fourth-order valence-corrected chi connectivity index (χ4v) is 4.96. The number of imidazole rings is 1. The highest BCUT2D eigenvalue weighted by Crippen LogP contribution is 2.31. The molecule has 0 radical (unpaired) electrons. The molecule has 0 unspecified atom stereocenters. The molecule has 0 atom stereocenters. The molecule has 2 aromatic carbocycles. The smallest absolute Gasteiger partial charge is 0.321 e. The lowest BCUT2D eigenvalue weighted by Crippen LogP contribution is -2.19. The third kappa shape index (κ3) is 4.43. The van der Waals surface area contributed by atoms with Crippen LogP contribution in [0.5, 0.6) is 0 Å². The van der Waals surface area contributed by atoms with Crippen LogP contribution in [0.1, 0.15) is 35.7 Å². The van der Waals surface area contributed by atoms with Crippen molar-refractivity contribution in [1.29, 1.82) is 0 Å². The molecule has 0 bridgehead atoms. The van der Waals surface area contributed by atoms with Gasteiger partial charge in [-0.25, -0.2) is 13.2 Å². The molecule has 1 heterocycles. The second-order valence-corrected chi connectivity index (χ2v) is 9.52. The van der Waals surface area contributed by atoms with Gasteiger partial charge in [0.1, 0.15) is 0 Å². The minimum Gasteiger partial charge on any atom is -0.321 e. The van der Waals surface area contributed by atoms with E-state index < -0.39 is 27.5 Å². The van der Waals surface area contributed by atoms with Crippen molar-refractivity contribution in [2.24, 2.45) is 14.1 Å². The summed E-state index contributed by atoms with van der Waals surface area (Å²) in [5.41, 5.74) is -0.618. The summed E-state index contributed by atoms with van der Waals surface area (Å²) >= 11 is 0. The van der Waals surface area contributed by atoms with Crippen LogP contribution in [0.4, 0.5) is 18.9 Å². The molecule has 0 aliphatic heterocycles. The number of halogens is 3. The molecule has 3 aromatic rings. The van der Waals surface area contributed by atoms with Crippen molar-refractivity contribution in [3.8, 4) is 0 Å². The van der Waals surface area contributed by atoms with Gasteiger partial charge >= 0.3 is 11.9 Å². The first-order valence-electron chi connectivity index (χ1n) is 9.77. The Balaban J connectivity index is 2.09. The molecule has 0 saturated heterocycles. The van der Waals surface area contributed by atoms with Crippen LogP contribution in [0.2, 0.25) is 0 Å². The Hall–Kier alpha value is -3.08. The number of nitrogens with zero attached hydrogens (tertiary/aromatic N) is 2. The van der Waals surface area contributed by atoms with Gasteiger partial charge in [-0.05, 0) is 42.8 Å². The van der Waals surface area contributed by atoms with Crippen LogP contribution >= 0.6 is 0 Å². The predicted molar refractivity (Wildman–Crippen MR) is 115 cm³/mol. The van der Waals surface area contributed by atoms with E-state index in [1.807, 2.05) is 6.92 Å². The van der Waals surface area contributed by atoms with Crippen LogP contribution in [0, 0.1) is 0 Å². The van der Waals surface area contributed by atoms with Gasteiger partial charge in [0.2, 0.25) is 0 Å². The van der Waals surface area contributed by atoms with Gasteiger partial charge in [-0.2, -0.15) is 13.2 Å². The van der Waals surface area contributed by atoms with Gasteiger partial charge in [0.05, 0.1) is 32.9 Å². The highest BCUT2D eigenvalue weighted by Gasteiger charge is 2.30. The number of rotatable bonds is 6. The average molecular weight is 469 g/mol. The molecule has 0 aliphatic carbocycles. The van der Waals surface area contributed by atoms with Crippen LogP contribution in [0.25, 0.3) is 11.0 Å². The largest absolute Gasteiger partial charge is 0.416 e. The molecule has 0 spiro atoms. The number of amides is 1. The lowest BCUT2D eigenvalue weighted by atomic mass is 10.1. The molecular formula is C21H22F3N3O4S. The molecule has 0 fully saturated rings. The van der Waals surface area contributed by atoms with Crippen molar-refractivity contribution in [3.05, 3.63) is 58.0 Å². The van der Waals surface area contributed by atoms with E-state index >= 15 is 0 Å². The van der Waals surface area contributed by atoms with Gasteiger partial charge in [0.15, 0.2) is 9.84 Å². The fraction of sp³-hybridized carbons (Fsp3) is 0.333. The molecule has 1 aromatic heterocycles. The minimum atomic E-state index is -4.54. The Morgan fingerprint density at radius 3 is 2.12 bits per heavy atom. The standard InChI is InChI=1S/C21H22F3N3O4S/c1-4-5-10-32(30,31)18-12-17-16(26(2)20(29)27(17)3)11-15(18)25-19(28)13-6-8-14(9-7-13)21(22,23)24/h6-9,11-12H,4-5,10H2,1-3H3,(H,25,28). The van der Waals surface area contributed by atoms with Crippen molar-refractivity contribution >= 4 is 32.5 Å². The maximum atomic E-state index is 13.0. The first kappa shape index (κ1) is 23.6. The molecule has 7 nitrogen and oxygen atoms in total. The number of carbonyl (C=O) groups is 1. The third-order valence-electron chi connectivity index (χ3n) is 5.20. The van der Waals surface area contributed by atoms with Crippen LogP contribution in [-0.4, -0.2) is 29.2 Å². The summed E-state index contributed by atoms with van der Waals surface area (Å²) in [5.74, 6) is -0.926. The van der Waals surface area contributed by atoms with Gasteiger partial charge in [0.25, 0.3) is 5.91 Å². The normalized spacial score (nSPS) is 12.3. The third-order valence-corrected chi connectivity index (χ3v) is 7.03. The number of fused-ring (bicyclic) bond motifs is 1. The molecule has 0 saturated carbocycles. The topological polar surface area (TPSA) is 90.2 Å². The zero-order valence-corrected chi connectivity index (χ0v) is 18.5. The number of benzene rings is 2. The zero-order chi connectivity index (χ0) is 23.8. The molecule has 11 heteroatoms. The van der Waals surface area contributed by atoms with E-state index in [2.05, 4.69) is 5.32 Å². The van der Waals surface area contributed by atoms with Gasteiger partial charge in [0, 0.05) is 19.7 Å². The molecule has 32 heavy (non-hydrogen) atoms. The number of aryl methyl sites for hydroxylation is 2. The lowest BCUT2D eigenvalue weighted by Gasteiger charge is -2.13. The van der Waals surface area contributed by atoms with Crippen molar-refractivity contribution in [3.63, 3.8) is 0 Å².